The first kappa shape index (κ1) is 14.9. The van der Waals surface area contributed by atoms with Gasteiger partial charge in [-0.3, -0.25) is 0 Å². The zero-order valence-electron chi connectivity index (χ0n) is 9.68. The lowest BCUT2D eigenvalue weighted by atomic mass is 10.2. The van der Waals surface area contributed by atoms with Crippen molar-refractivity contribution in [3.05, 3.63) is 34.1 Å². The summed E-state index contributed by atoms with van der Waals surface area (Å²) in [6.45, 7) is 1.95. The Morgan fingerprint density at radius 2 is 2.29 bits per heavy atom. The predicted molar refractivity (Wildman–Crippen MR) is 71.9 cm³/mol. The minimum absolute atomic E-state index is 0.0171. The fourth-order valence-electron chi connectivity index (χ4n) is 1.43. The van der Waals surface area contributed by atoms with Crippen LogP contribution in [0.2, 0.25) is 0 Å². The van der Waals surface area contributed by atoms with Crippen molar-refractivity contribution in [1.29, 1.82) is 0 Å². The van der Waals surface area contributed by atoms with E-state index in [1.54, 1.807) is 13.2 Å². The summed E-state index contributed by atoms with van der Waals surface area (Å²) in [6.07, 6.45) is 0.822. The van der Waals surface area contributed by atoms with E-state index in [1.165, 1.54) is 6.07 Å². The molecule has 5 heteroatoms. The molecule has 0 radical (unpaired) electrons. The van der Waals surface area contributed by atoms with Gasteiger partial charge >= 0.3 is 0 Å². The van der Waals surface area contributed by atoms with Gasteiger partial charge in [-0.05, 0) is 40.5 Å². The monoisotopic (exact) mass is 323 g/mol. The summed E-state index contributed by atoms with van der Waals surface area (Å²) in [7, 11) is 1.63. The number of ether oxygens (including phenoxy) is 1. The number of benzene rings is 1. The number of nitrogens with one attached hydrogen (secondary N) is 1. The van der Waals surface area contributed by atoms with E-state index >= 15 is 0 Å². The fourth-order valence-corrected chi connectivity index (χ4v) is 2.07. The average Bonchev–Trinajstić information content (AvgIpc) is 2.30. The predicted octanol–water partition coefficient (Wildman–Crippen LogP) is 3.32. The second kappa shape index (κ2) is 8.03. The van der Waals surface area contributed by atoms with Gasteiger partial charge in [0, 0.05) is 13.7 Å². The van der Waals surface area contributed by atoms with Crippen molar-refractivity contribution in [2.24, 2.45) is 0 Å². The van der Waals surface area contributed by atoms with Gasteiger partial charge < -0.3 is 10.1 Å². The van der Waals surface area contributed by atoms with Crippen LogP contribution in [0.4, 0.5) is 4.39 Å². The molecule has 1 atom stereocenters. The van der Waals surface area contributed by atoms with Gasteiger partial charge in [0.1, 0.15) is 5.82 Å². The molecule has 1 N–H and O–H groups in total. The molecular weight excluding hydrogens is 308 g/mol. The zero-order chi connectivity index (χ0) is 12.7. The maximum absolute atomic E-state index is 13.2. The highest BCUT2D eigenvalue weighted by atomic mass is 79.9. The molecule has 96 valence electrons. The van der Waals surface area contributed by atoms with E-state index in [0.717, 1.165) is 18.5 Å². The summed E-state index contributed by atoms with van der Waals surface area (Å²) in [5.74, 6) is -0.237. The van der Waals surface area contributed by atoms with Gasteiger partial charge in [0.2, 0.25) is 0 Å². The normalized spacial score (nSPS) is 12.7. The van der Waals surface area contributed by atoms with Crippen LogP contribution in [0.1, 0.15) is 12.0 Å². The molecule has 1 unspecified atom stereocenters. The van der Waals surface area contributed by atoms with Gasteiger partial charge in [0.25, 0.3) is 0 Å². The van der Waals surface area contributed by atoms with Crippen molar-refractivity contribution in [3.8, 4) is 0 Å². The molecule has 2 nitrogen and oxygen atoms in total. The van der Waals surface area contributed by atoms with Crippen LogP contribution in [0.3, 0.4) is 0 Å². The Hall–Kier alpha value is -0.160. The van der Waals surface area contributed by atoms with E-state index in [9.17, 15) is 4.39 Å². The van der Waals surface area contributed by atoms with Crippen LogP contribution >= 0.6 is 27.5 Å². The lowest BCUT2D eigenvalue weighted by Gasteiger charge is -2.10. The number of hydrogen-bond acceptors (Lipinski definition) is 2. The molecular formula is C12H16BrClFNO. The summed E-state index contributed by atoms with van der Waals surface area (Å²) < 4.78 is 18.7. The molecule has 0 aromatic heterocycles. The SMILES string of the molecule is COCC(Cl)CCNCc1cccc(F)c1Br. The first-order chi connectivity index (χ1) is 8.15. The minimum Gasteiger partial charge on any atom is -0.383 e. The molecule has 0 saturated carbocycles. The molecule has 17 heavy (non-hydrogen) atoms. The standard InChI is InChI=1S/C12H16BrClFNO/c1-17-8-10(14)5-6-16-7-9-3-2-4-11(15)12(9)13/h2-4,10,16H,5-8H2,1H3. The molecule has 1 aromatic carbocycles. The fraction of sp³-hybridized carbons (Fsp3) is 0.500. The third-order valence-corrected chi connectivity index (χ3v) is 3.56. The third kappa shape index (κ3) is 5.34. The minimum atomic E-state index is -0.237. The largest absolute Gasteiger partial charge is 0.383 e. The zero-order valence-corrected chi connectivity index (χ0v) is 12.0. The van der Waals surface area contributed by atoms with E-state index in [1.807, 2.05) is 6.07 Å². The molecule has 1 rings (SSSR count). The van der Waals surface area contributed by atoms with Crippen LogP contribution in [-0.2, 0) is 11.3 Å². The number of alkyl halides is 1. The van der Waals surface area contributed by atoms with Crippen molar-refractivity contribution < 1.29 is 9.13 Å². The van der Waals surface area contributed by atoms with Crippen molar-refractivity contribution in [2.45, 2.75) is 18.3 Å². The molecule has 0 heterocycles. The molecule has 0 spiro atoms. The summed E-state index contributed by atoms with van der Waals surface area (Å²) >= 11 is 9.21. The molecule has 0 amide bonds. The van der Waals surface area contributed by atoms with E-state index in [-0.39, 0.29) is 11.2 Å². The maximum atomic E-state index is 13.2. The van der Waals surface area contributed by atoms with Gasteiger partial charge in [-0.15, -0.1) is 11.6 Å². The van der Waals surface area contributed by atoms with Crippen molar-refractivity contribution in [2.75, 3.05) is 20.3 Å². The van der Waals surface area contributed by atoms with Gasteiger partial charge in [-0.1, -0.05) is 12.1 Å². The molecule has 0 bridgehead atoms. The number of methoxy groups -OCH3 is 1. The second-order valence-electron chi connectivity index (χ2n) is 3.73. The van der Waals surface area contributed by atoms with Crippen LogP contribution in [0.25, 0.3) is 0 Å². The quantitative estimate of drug-likeness (QED) is 0.614. The number of hydrogen-bond donors (Lipinski definition) is 1. The summed E-state index contributed by atoms with van der Waals surface area (Å²) in [5.41, 5.74) is 0.905. The Balaban J connectivity index is 2.29. The lowest BCUT2D eigenvalue weighted by Crippen LogP contribution is -2.20. The summed E-state index contributed by atoms with van der Waals surface area (Å²) in [6, 6.07) is 5.01. The molecule has 0 aliphatic rings. The first-order valence-electron chi connectivity index (χ1n) is 5.41. The highest BCUT2D eigenvalue weighted by Gasteiger charge is 2.06. The van der Waals surface area contributed by atoms with Crippen molar-refractivity contribution >= 4 is 27.5 Å². The van der Waals surface area contributed by atoms with Gasteiger partial charge in [-0.25, -0.2) is 4.39 Å². The van der Waals surface area contributed by atoms with Crippen LogP contribution in [-0.4, -0.2) is 25.6 Å². The van der Waals surface area contributed by atoms with E-state index < -0.39 is 0 Å². The van der Waals surface area contributed by atoms with E-state index in [4.69, 9.17) is 16.3 Å². The van der Waals surface area contributed by atoms with Crippen LogP contribution in [0.15, 0.2) is 22.7 Å². The summed E-state index contributed by atoms with van der Waals surface area (Å²) in [5, 5.41) is 3.24. The number of rotatable bonds is 7. The second-order valence-corrected chi connectivity index (χ2v) is 5.14. The molecule has 0 fully saturated rings. The molecule has 1 aromatic rings. The van der Waals surface area contributed by atoms with Crippen molar-refractivity contribution in [3.63, 3.8) is 0 Å². The molecule has 0 aliphatic carbocycles. The van der Waals surface area contributed by atoms with Crippen LogP contribution in [0.5, 0.6) is 0 Å². The average molecular weight is 325 g/mol. The van der Waals surface area contributed by atoms with Gasteiger partial charge in [0.05, 0.1) is 16.5 Å². The number of halogens is 3. The maximum Gasteiger partial charge on any atom is 0.137 e. The first-order valence-corrected chi connectivity index (χ1v) is 6.64. The van der Waals surface area contributed by atoms with Crippen LogP contribution in [0, 0.1) is 5.82 Å². The highest BCUT2D eigenvalue weighted by Crippen LogP contribution is 2.20. The Kier molecular flexibility index (Phi) is 7.04. The third-order valence-electron chi connectivity index (χ3n) is 2.33. The Bertz CT molecular complexity index is 351. The smallest absolute Gasteiger partial charge is 0.137 e. The van der Waals surface area contributed by atoms with Crippen LogP contribution < -0.4 is 5.32 Å². The Morgan fingerprint density at radius 1 is 1.53 bits per heavy atom. The summed E-state index contributed by atoms with van der Waals surface area (Å²) in [4.78, 5) is 0. The Morgan fingerprint density at radius 3 is 3.00 bits per heavy atom. The molecule has 0 aliphatic heterocycles. The van der Waals surface area contributed by atoms with Gasteiger partial charge in [-0.2, -0.15) is 0 Å². The molecule has 0 saturated heterocycles. The van der Waals surface area contributed by atoms with Gasteiger partial charge in [0.15, 0.2) is 0 Å². The lowest BCUT2D eigenvalue weighted by molar-refractivity contribution is 0.195. The topological polar surface area (TPSA) is 21.3 Å². The van der Waals surface area contributed by atoms with Crippen molar-refractivity contribution in [1.82, 2.24) is 5.32 Å². The Labute approximate surface area is 115 Å². The van der Waals surface area contributed by atoms with E-state index in [0.29, 0.717) is 17.6 Å². The van der Waals surface area contributed by atoms with E-state index in [2.05, 4.69) is 21.2 Å². The highest BCUT2D eigenvalue weighted by molar-refractivity contribution is 9.10.